The van der Waals surface area contributed by atoms with Crippen LogP contribution in [0.25, 0.3) is 0 Å². The van der Waals surface area contributed by atoms with Crippen molar-refractivity contribution < 1.29 is 9.50 Å². The molecule has 1 atom stereocenters. The van der Waals surface area contributed by atoms with Gasteiger partial charge in [0.15, 0.2) is 0 Å². The number of aromatic nitrogens is 1. The molecule has 0 fully saturated rings. The SMILES string of the molecule is CC(C)C(O)Cc1ncc(Cl)cc1F. The summed E-state index contributed by atoms with van der Waals surface area (Å²) in [6.07, 6.45) is 1.03. The number of halogens is 2. The minimum Gasteiger partial charge on any atom is -0.392 e. The zero-order valence-electron chi connectivity index (χ0n) is 8.17. The van der Waals surface area contributed by atoms with Crippen LogP contribution in [-0.2, 0) is 6.42 Å². The van der Waals surface area contributed by atoms with Crippen LogP contribution in [0.15, 0.2) is 12.3 Å². The fraction of sp³-hybridized carbons (Fsp3) is 0.500. The molecule has 1 aromatic rings. The minimum absolute atomic E-state index is 0.0897. The molecule has 0 aliphatic carbocycles. The Bertz CT molecular complexity index is 317. The van der Waals surface area contributed by atoms with Gasteiger partial charge in [0.1, 0.15) is 5.82 Å². The van der Waals surface area contributed by atoms with Crippen molar-refractivity contribution in [1.29, 1.82) is 0 Å². The van der Waals surface area contributed by atoms with Crippen LogP contribution in [0.1, 0.15) is 19.5 Å². The van der Waals surface area contributed by atoms with Crippen molar-refractivity contribution in [1.82, 2.24) is 4.98 Å². The van der Waals surface area contributed by atoms with Crippen molar-refractivity contribution in [3.05, 3.63) is 28.8 Å². The topological polar surface area (TPSA) is 33.1 Å². The second kappa shape index (κ2) is 4.71. The second-order valence-electron chi connectivity index (χ2n) is 3.60. The van der Waals surface area contributed by atoms with Crippen LogP contribution in [0.3, 0.4) is 0 Å². The summed E-state index contributed by atoms with van der Waals surface area (Å²) in [5.74, 6) is -0.371. The molecule has 1 heterocycles. The third-order valence-electron chi connectivity index (χ3n) is 2.06. The molecule has 0 amide bonds. The highest BCUT2D eigenvalue weighted by molar-refractivity contribution is 6.30. The maximum Gasteiger partial charge on any atom is 0.146 e. The van der Waals surface area contributed by atoms with Gasteiger partial charge in [-0.1, -0.05) is 25.4 Å². The van der Waals surface area contributed by atoms with E-state index < -0.39 is 11.9 Å². The standard InChI is InChI=1S/C10H13ClFNO/c1-6(2)10(14)4-9-8(12)3-7(11)5-13-9/h3,5-6,10,14H,4H2,1-2H3. The van der Waals surface area contributed by atoms with E-state index in [9.17, 15) is 9.50 Å². The first-order valence-corrected chi connectivity index (χ1v) is 4.86. The average molecular weight is 218 g/mol. The Morgan fingerprint density at radius 2 is 2.21 bits per heavy atom. The van der Waals surface area contributed by atoms with Gasteiger partial charge in [-0.15, -0.1) is 0 Å². The third kappa shape index (κ3) is 2.93. The number of aliphatic hydroxyl groups is 1. The zero-order valence-corrected chi connectivity index (χ0v) is 8.92. The fourth-order valence-electron chi connectivity index (χ4n) is 1.03. The van der Waals surface area contributed by atoms with Gasteiger partial charge in [0.05, 0.1) is 16.8 Å². The van der Waals surface area contributed by atoms with Crippen LogP contribution in [0.4, 0.5) is 4.39 Å². The van der Waals surface area contributed by atoms with Crippen LogP contribution in [0, 0.1) is 11.7 Å². The maximum atomic E-state index is 13.2. The van der Waals surface area contributed by atoms with Gasteiger partial charge in [0, 0.05) is 12.6 Å². The van der Waals surface area contributed by atoms with Crippen LogP contribution < -0.4 is 0 Å². The Kier molecular flexibility index (Phi) is 3.84. The number of hydrogen-bond donors (Lipinski definition) is 1. The molecule has 78 valence electrons. The smallest absolute Gasteiger partial charge is 0.146 e. The predicted molar refractivity (Wildman–Crippen MR) is 53.8 cm³/mol. The molecule has 0 saturated carbocycles. The Labute approximate surface area is 87.7 Å². The summed E-state index contributed by atoms with van der Waals surface area (Å²) in [4.78, 5) is 3.83. The molecule has 0 saturated heterocycles. The van der Waals surface area contributed by atoms with Crippen molar-refractivity contribution in [3.63, 3.8) is 0 Å². The monoisotopic (exact) mass is 217 g/mol. The summed E-state index contributed by atoms with van der Waals surface area (Å²) < 4.78 is 13.2. The summed E-state index contributed by atoms with van der Waals surface area (Å²) >= 11 is 5.55. The molecule has 1 rings (SSSR count). The molecule has 0 spiro atoms. The third-order valence-corrected chi connectivity index (χ3v) is 2.26. The molecule has 0 bridgehead atoms. The van der Waals surface area contributed by atoms with Gasteiger partial charge in [0.2, 0.25) is 0 Å². The van der Waals surface area contributed by atoms with Gasteiger partial charge in [-0.2, -0.15) is 0 Å². The van der Waals surface area contributed by atoms with Gasteiger partial charge in [-0.05, 0) is 12.0 Å². The summed E-state index contributed by atoms with van der Waals surface area (Å²) in [5.41, 5.74) is 0.260. The molecule has 2 nitrogen and oxygen atoms in total. The zero-order chi connectivity index (χ0) is 10.7. The average Bonchev–Trinajstić information content (AvgIpc) is 2.09. The number of nitrogens with zero attached hydrogens (tertiary/aromatic N) is 1. The number of hydrogen-bond acceptors (Lipinski definition) is 2. The highest BCUT2D eigenvalue weighted by Gasteiger charge is 2.14. The van der Waals surface area contributed by atoms with Crippen LogP contribution in [-0.4, -0.2) is 16.2 Å². The van der Waals surface area contributed by atoms with E-state index in [2.05, 4.69) is 4.98 Å². The van der Waals surface area contributed by atoms with Gasteiger partial charge in [0.25, 0.3) is 0 Å². The molecule has 0 aliphatic heterocycles. The van der Waals surface area contributed by atoms with Crippen LogP contribution >= 0.6 is 11.6 Å². The van der Waals surface area contributed by atoms with Crippen molar-refractivity contribution in [2.75, 3.05) is 0 Å². The summed E-state index contributed by atoms with van der Waals surface area (Å²) in [6.45, 7) is 3.75. The lowest BCUT2D eigenvalue weighted by atomic mass is 10.0. The predicted octanol–water partition coefficient (Wildman–Crippen LogP) is 2.43. The highest BCUT2D eigenvalue weighted by Crippen LogP contribution is 2.15. The molecule has 0 aliphatic rings. The lowest BCUT2D eigenvalue weighted by molar-refractivity contribution is 0.123. The Morgan fingerprint density at radius 1 is 1.57 bits per heavy atom. The Balaban J connectivity index is 2.77. The Morgan fingerprint density at radius 3 is 2.71 bits per heavy atom. The van der Waals surface area contributed by atoms with Crippen LogP contribution in [0.2, 0.25) is 5.02 Å². The summed E-state index contributed by atoms with van der Waals surface area (Å²) in [7, 11) is 0. The van der Waals surface area contributed by atoms with Gasteiger partial charge in [-0.25, -0.2) is 4.39 Å². The normalized spacial score (nSPS) is 13.3. The molecular formula is C10H13ClFNO. The van der Waals surface area contributed by atoms with E-state index in [0.717, 1.165) is 0 Å². The first-order valence-electron chi connectivity index (χ1n) is 4.48. The second-order valence-corrected chi connectivity index (χ2v) is 4.03. The Hall–Kier alpha value is -0.670. The van der Waals surface area contributed by atoms with Gasteiger partial charge < -0.3 is 5.11 Å². The molecule has 1 aromatic heterocycles. The number of pyridine rings is 1. The molecule has 0 radical (unpaired) electrons. The van der Waals surface area contributed by atoms with Crippen molar-refractivity contribution in [2.45, 2.75) is 26.4 Å². The first kappa shape index (κ1) is 11.4. The quantitative estimate of drug-likeness (QED) is 0.844. The minimum atomic E-state index is -0.571. The van der Waals surface area contributed by atoms with Gasteiger partial charge >= 0.3 is 0 Å². The molecule has 1 N–H and O–H groups in total. The lowest BCUT2D eigenvalue weighted by Gasteiger charge is -2.13. The lowest BCUT2D eigenvalue weighted by Crippen LogP contribution is -2.19. The highest BCUT2D eigenvalue weighted by atomic mass is 35.5. The maximum absolute atomic E-state index is 13.2. The largest absolute Gasteiger partial charge is 0.392 e. The molecule has 14 heavy (non-hydrogen) atoms. The van der Waals surface area contributed by atoms with Crippen LogP contribution in [0.5, 0.6) is 0 Å². The number of rotatable bonds is 3. The van der Waals surface area contributed by atoms with Gasteiger partial charge in [-0.3, -0.25) is 4.98 Å². The van der Waals surface area contributed by atoms with Crippen molar-refractivity contribution in [2.24, 2.45) is 5.92 Å². The number of aliphatic hydroxyl groups excluding tert-OH is 1. The van der Waals surface area contributed by atoms with E-state index in [1.165, 1.54) is 12.3 Å². The van der Waals surface area contributed by atoms with E-state index in [0.29, 0.717) is 0 Å². The van der Waals surface area contributed by atoms with E-state index in [-0.39, 0.29) is 23.1 Å². The molecule has 4 heteroatoms. The fourth-order valence-corrected chi connectivity index (χ4v) is 1.17. The first-order chi connectivity index (χ1) is 6.50. The van der Waals surface area contributed by atoms with E-state index >= 15 is 0 Å². The summed E-state index contributed by atoms with van der Waals surface area (Å²) in [5, 5.41) is 9.80. The molecule has 1 unspecified atom stereocenters. The van der Waals surface area contributed by atoms with E-state index in [4.69, 9.17) is 11.6 Å². The van der Waals surface area contributed by atoms with Crippen molar-refractivity contribution >= 4 is 11.6 Å². The van der Waals surface area contributed by atoms with E-state index in [1.807, 2.05) is 13.8 Å². The van der Waals surface area contributed by atoms with E-state index in [1.54, 1.807) is 0 Å². The molecule has 0 aromatic carbocycles. The summed E-state index contributed by atoms with van der Waals surface area (Å²) in [6, 6.07) is 1.21. The molecular weight excluding hydrogens is 205 g/mol. The van der Waals surface area contributed by atoms with Crippen molar-refractivity contribution in [3.8, 4) is 0 Å².